The molecule has 1 aromatic heterocycles. The van der Waals surface area contributed by atoms with Gasteiger partial charge in [0.2, 0.25) is 0 Å². The number of hydrogen-bond donors (Lipinski definition) is 1. The van der Waals surface area contributed by atoms with E-state index in [2.05, 4.69) is 24.1 Å². The van der Waals surface area contributed by atoms with Crippen molar-refractivity contribution in [1.29, 1.82) is 0 Å². The van der Waals surface area contributed by atoms with Gasteiger partial charge in [-0.2, -0.15) is 0 Å². The quantitative estimate of drug-likeness (QED) is 0.924. The molecule has 0 radical (unpaired) electrons. The zero-order chi connectivity index (χ0) is 13.0. The molecule has 0 fully saturated rings. The molecule has 2 aromatic rings. The first-order valence-electron chi connectivity index (χ1n) is 5.98. The number of nitrogens with one attached hydrogen (secondary N) is 1. The van der Waals surface area contributed by atoms with Gasteiger partial charge in [-0.15, -0.1) is 12.4 Å². The van der Waals surface area contributed by atoms with Gasteiger partial charge in [-0.3, -0.25) is 9.78 Å². The van der Waals surface area contributed by atoms with Crippen LogP contribution in [0.4, 0.5) is 5.69 Å². The Kier molecular flexibility index (Phi) is 5.52. The fourth-order valence-electron chi connectivity index (χ4n) is 1.65. The lowest BCUT2D eigenvalue weighted by Crippen LogP contribution is -2.11. The normalized spacial score (nSPS) is 9.84. The molecule has 1 aromatic carbocycles. The van der Waals surface area contributed by atoms with Gasteiger partial charge in [-0.25, -0.2) is 0 Å². The van der Waals surface area contributed by atoms with Crippen LogP contribution in [0, 0.1) is 0 Å². The molecule has 0 unspecified atom stereocenters. The Balaban J connectivity index is 0.00000180. The molecule has 0 saturated carbocycles. The van der Waals surface area contributed by atoms with E-state index in [0.717, 1.165) is 5.69 Å². The van der Waals surface area contributed by atoms with E-state index in [1.807, 2.05) is 24.3 Å². The smallest absolute Gasteiger partial charge is 0.257 e. The van der Waals surface area contributed by atoms with Crippen LogP contribution in [0.25, 0.3) is 0 Å². The number of hydrogen-bond acceptors (Lipinski definition) is 2. The summed E-state index contributed by atoms with van der Waals surface area (Å²) in [5.41, 5.74) is 2.62. The zero-order valence-electron chi connectivity index (χ0n) is 11.0. The first-order chi connectivity index (χ1) is 8.66. The number of amides is 1. The van der Waals surface area contributed by atoms with Crippen molar-refractivity contribution in [3.63, 3.8) is 0 Å². The highest BCUT2D eigenvalue weighted by Gasteiger charge is 2.05. The number of carbonyl (C=O) groups excluding carboxylic acids is 1. The van der Waals surface area contributed by atoms with Crippen molar-refractivity contribution in [2.75, 3.05) is 5.32 Å². The molecule has 3 nitrogen and oxygen atoms in total. The number of rotatable bonds is 3. The predicted molar refractivity (Wildman–Crippen MR) is 80.0 cm³/mol. The Labute approximate surface area is 119 Å². The largest absolute Gasteiger partial charge is 0.322 e. The summed E-state index contributed by atoms with van der Waals surface area (Å²) in [7, 11) is 0. The second-order valence-electron chi connectivity index (χ2n) is 4.47. The average molecular weight is 277 g/mol. The van der Waals surface area contributed by atoms with Gasteiger partial charge in [-0.05, 0) is 35.7 Å². The summed E-state index contributed by atoms with van der Waals surface area (Å²) in [4.78, 5) is 15.8. The Morgan fingerprint density at radius 1 is 1.16 bits per heavy atom. The minimum atomic E-state index is -0.139. The Hall–Kier alpha value is -1.87. The third kappa shape index (κ3) is 4.07. The molecule has 0 aliphatic heterocycles. The van der Waals surface area contributed by atoms with Crippen molar-refractivity contribution >= 4 is 24.0 Å². The lowest BCUT2D eigenvalue weighted by atomic mass is 10.0. The minimum Gasteiger partial charge on any atom is -0.322 e. The molecule has 0 aliphatic carbocycles. The van der Waals surface area contributed by atoms with E-state index in [1.165, 1.54) is 5.56 Å². The molecular formula is C15H17ClN2O. The van der Waals surface area contributed by atoms with Gasteiger partial charge in [0.05, 0.1) is 5.56 Å². The van der Waals surface area contributed by atoms with Gasteiger partial charge in [0, 0.05) is 18.1 Å². The van der Waals surface area contributed by atoms with Crippen molar-refractivity contribution in [3.8, 4) is 0 Å². The number of nitrogens with zero attached hydrogens (tertiary/aromatic N) is 1. The Morgan fingerprint density at radius 2 is 1.84 bits per heavy atom. The molecule has 100 valence electrons. The summed E-state index contributed by atoms with van der Waals surface area (Å²) in [6.45, 7) is 4.28. The molecule has 0 spiro atoms. The van der Waals surface area contributed by atoms with Crippen molar-refractivity contribution < 1.29 is 4.79 Å². The average Bonchev–Trinajstić information content (AvgIpc) is 2.40. The summed E-state index contributed by atoms with van der Waals surface area (Å²) in [6, 6.07) is 11.4. The standard InChI is InChI=1S/C15H16N2O.ClH/c1-11(2)12-5-7-14(8-6-12)17-15(18)13-4-3-9-16-10-13;/h3-11H,1-2H3,(H,17,18);1H. The van der Waals surface area contributed by atoms with E-state index in [4.69, 9.17) is 0 Å². The SMILES string of the molecule is CC(C)c1ccc(NC(=O)c2cccnc2)cc1.Cl. The molecule has 19 heavy (non-hydrogen) atoms. The highest BCUT2D eigenvalue weighted by molar-refractivity contribution is 6.03. The lowest BCUT2D eigenvalue weighted by molar-refractivity contribution is 0.102. The zero-order valence-corrected chi connectivity index (χ0v) is 11.8. The lowest BCUT2D eigenvalue weighted by Gasteiger charge is -2.08. The van der Waals surface area contributed by atoms with E-state index >= 15 is 0 Å². The van der Waals surface area contributed by atoms with Gasteiger partial charge in [0.1, 0.15) is 0 Å². The van der Waals surface area contributed by atoms with Gasteiger partial charge in [0.25, 0.3) is 5.91 Å². The van der Waals surface area contributed by atoms with E-state index in [1.54, 1.807) is 24.5 Å². The predicted octanol–water partition coefficient (Wildman–Crippen LogP) is 3.88. The third-order valence-corrected chi connectivity index (χ3v) is 2.76. The maximum absolute atomic E-state index is 11.9. The van der Waals surface area contributed by atoms with Crippen LogP contribution in [0.2, 0.25) is 0 Å². The first-order valence-corrected chi connectivity index (χ1v) is 5.98. The Bertz CT molecular complexity index is 524. The van der Waals surface area contributed by atoms with Crippen LogP contribution in [-0.4, -0.2) is 10.9 Å². The van der Waals surface area contributed by atoms with Crippen LogP contribution in [0.5, 0.6) is 0 Å². The summed E-state index contributed by atoms with van der Waals surface area (Å²) in [5.74, 6) is 0.355. The number of benzene rings is 1. The van der Waals surface area contributed by atoms with Crippen molar-refractivity contribution in [3.05, 3.63) is 59.9 Å². The van der Waals surface area contributed by atoms with Gasteiger partial charge >= 0.3 is 0 Å². The van der Waals surface area contributed by atoms with Gasteiger partial charge in [0.15, 0.2) is 0 Å². The number of halogens is 1. The number of aromatic nitrogens is 1. The molecule has 0 bridgehead atoms. The maximum Gasteiger partial charge on any atom is 0.257 e. The van der Waals surface area contributed by atoms with Crippen LogP contribution >= 0.6 is 12.4 Å². The molecular weight excluding hydrogens is 260 g/mol. The molecule has 0 aliphatic rings. The first kappa shape index (κ1) is 15.2. The molecule has 2 rings (SSSR count). The summed E-state index contributed by atoms with van der Waals surface area (Å²) < 4.78 is 0. The van der Waals surface area contributed by atoms with Gasteiger partial charge < -0.3 is 5.32 Å². The highest BCUT2D eigenvalue weighted by atomic mass is 35.5. The monoisotopic (exact) mass is 276 g/mol. The molecule has 0 atom stereocenters. The maximum atomic E-state index is 11.9. The van der Waals surface area contributed by atoms with E-state index in [0.29, 0.717) is 11.5 Å². The van der Waals surface area contributed by atoms with Crippen molar-refractivity contribution in [2.45, 2.75) is 19.8 Å². The highest BCUT2D eigenvalue weighted by Crippen LogP contribution is 2.17. The number of pyridine rings is 1. The van der Waals surface area contributed by atoms with Gasteiger partial charge in [-0.1, -0.05) is 26.0 Å². The second kappa shape index (κ2) is 6.90. The molecule has 0 saturated heterocycles. The van der Waals surface area contributed by atoms with E-state index in [9.17, 15) is 4.79 Å². The molecule has 1 heterocycles. The fourth-order valence-corrected chi connectivity index (χ4v) is 1.65. The molecule has 4 heteroatoms. The van der Waals surface area contributed by atoms with Crippen LogP contribution in [-0.2, 0) is 0 Å². The van der Waals surface area contributed by atoms with Crippen LogP contribution in [0.1, 0.15) is 35.7 Å². The summed E-state index contributed by atoms with van der Waals surface area (Å²) in [6.07, 6.45) is 3.20. The van der Waals surface area contributed by atoms with E-state index in [-0.39, 0.29) is 18.3 Å². The van der Waals surface area contributed by atoms with Crippen LogP contribution in [0.3, 0.4) is 0 Å². The van der Waals surface area contributed by atoms with Crippen LogP contribution in [0.15, 0.2) is 48.8 Å². The molecule has 1 N–H and O–H groups in total. The topological polar surface area (TPSA) is 42.0 Å². The Morgan fingerprint density at radius 3 is 2.37 bits per heavy atom. The van der Waals surface area contributed by atoms with Crippen LogP contribution < -0.4 is 5.32 Å². The number of carbonyl (C=O) groups is 1. The number of anilines is 1. The van der Waals surface area contributed by atoms with Crippen molar-refractivity contribution in [1.82, 2.24) is 4.98 Å². The third-order valence-electron chi connectivity index (χ3n) is 2.76. The summed E-state index contributed by atoms with van der Waals surface area (Å²) >= 11 is 0. The van der Waals surface area contributed by atoms with E-state index < -0.39 is 0 Å². The second-order valence-corrected chi connectivity index (χ2v) is 4.47. The minimum absolute atomic E-state index is 0. The molecule has 1 amide bonds. The fraction of sp³-hybridized carbons (Fsp3) is 0.200. The summed E-state index contributed by atoms with van der Waals surface area (Å²) in [5, 5.41) is 2.85. The van der Waals surface area contributed by atoms with Crippen molar-refractivity contribution in [2.24, 2.45) is 0 Å².